The molecule has 2 aromatic heterocycles. The zero-order valence-corrected chi connectivity index (χ0v) is 25.4. The van der Waals surface area contributed by atoms with Crippen molar-refractivity contribution in [2.75, 3.05) is 18.4 Å². The molecule has 228 valence electrons. The van der Waals surface area contributed by atoms with Gasteiger partial charge in [-0.3, -0.25) is 4.72 Å². The van der Waals surface area contributed by atoms with Crippen molar-refractivity contribution < 1.29 is 32.5 Å². The molecule has 0 atom stereocenters. The van der Waals surface area contributed by atoms with E-state index in [1.54, 1.807) is 42.5 Å². The Morgan fingerprint density at radius 1 is 0.977 bits per heavy atom. The summed E-state index contributed by atoms with van der Waals surface area (Å²) in [4.78, 5) is 23.3. The van der Waals surface area contributed by atoms with Crippen molar-refractivity contribution in [1.82, 2.24) is 15.0 Å². The highest BCUT2D eigenvalue weighted by Gasteiger charge is 2.24. The highest BCUT2D eigenvalue weighted by molar-refractivity contribution is 7.92. The van der Waals surface area contributed by atoms with Gasteiger partial charge in [-0.2, -0.15) is 4.98 Å². The number of para-hydroxylation sites is 1. The second-order valence-corrected chi connectivity index (χ2v) is 12.6. The van der Waals surface area contributed by atoms with Crippen molar-refractivity contribution >= 4 is 32.7 Å². The summed E-state index contributed by atoms with van der Waals surface area (Å²) in [5.41, 5.74) is 2.16. The maximum absolute atomic E-state index is 13.4. The van der Waals surface area contributed by atoms with Crippen molar-refractivity contribution in [3.63, 3.8) is 0 Å². The maximum atomic E-state index is 13.4. The summed E-state index contributed by atoms with van der Waals surface area (Å²) in [6, 6.07) is 20.6. The lowest BCUT2D eigenvalue weighted by molar-refractivity contribution is 0.0690. The Kier molecular flexibility index (Phi) is 8.45. The first-order chi connectivity index (χ1) is 21.0. The highest BCUT2D eigenvalue weighted by atomic mass is 32.2. The number of aromatic nitrogens is 3. The summed E-state index contributed by atoms with van der Waals surface area (Å²) >= 11 is 0. The van der Waals surface area contributed by atoms with Crippen LogP contribution in [0.1, 0.15) is 42.4 Å². The summed E-state index contributed by atoms with van der Waals surface area (Å²) in [5.74, 6) is -0.510. The number of fused-ring (bicyclic) bond motifs is 1. The van der Waals surface area contributed by atoms with Gasteiger partial charge in [0.25, 0.3) is 15.9 Å². The van der Waals surface area contributed by atoms with Crippen molar-refractivity contribution in [1.29, 1.82) is 0 Å². The Hall–Kier alpha value is -5.10. The SMILES string of the molecule is COc1cccc(Oc2c(NS(=O)(=O)c3ccc(C(C)(C)C)cc3)ncnc2OCCc2c(C(=O)O)[nH]c3ccccc23)c1. The summed E-state index contributed by atoms with van der Waals surface area (Å²) in [5, 5.41) is 10.5. The minimum Gasteiger partial charge on any atom is -0.497 e. The monoisotopic (exact) mass is 616 g/mol. The van der Waals surface area contributed by atoms with Crippen LogP contribution in [0.15, 0.2) is 84.0 Å². The molecule has 0 amide bonds. The molecule has 0 saturated carbocycles. The van der Waals surface area contributed by atoms with Gasteiger partial charge in [0, 0.05) is 23.4 Å². The van der Waals surface area contributed by atoms with Crippen molar-refractivity contribution in [2.24, 2.45) is 0 Å². The average Bonchev–Trinajstić information content (AvgIpc) is 3.37. The van der Waals surface area contributed by atoms with E-state index in [0.29, 0.717) is 22.6 Å². The largest absolute Gasteiger partial charge is 0.497 e. The molecule has 3 N–H and O–H groups in total. The van der Waals surface area contributed by atoms with Crippen LogP contribution in [0.2, 0.25) is 0 Å². The van der Waals surface area contributed by atoms with Crippen LogP contribution in [0.25, 0.3) is 10.9 Å². The van der Waals surface area contributed by atoms with Crippen LogP contribution in [-0.4, -0.2) is 48.2 Å². The number of methoxy groups -OCH3 is 1. The molecule has 5 aromatic rings. The van der Waals surface area contributed by atoms with E-state index in [0.717, 1.165) is 17.3 Å². The van der Waals surface area contributed by atoms with E-state index in [4.69, 9.17) is 14.2 Å². The number of benzene rings is 3. The third-order valence-corrected chi connectivity index (χ3v) is 8.27. The first-order valence-corrected chi connectivity index (χ1v) is 15.2. The van der Waals surface area contributed by atoms with Crippen molar-refractivity contribution in [3.8, 4) is 23.1 Å². The number of hydrogen-bond donors (Lipinski definition) is 3. The van der Waals surface area contributed by atoms with E-state index in [2.05, 4.69) is 19.7 Å². The summed E-state index contributed by atoms with van der Waals surface area (Å²) in [6.07, 6.45) is 1.37. The van der Waals surface area contributed by atoms with Crippen LogP contribution >= 0.6 is 0 Å². The number of ether oxygens (including phenoxy) is 3. The van der Waals surface area contributed by atoms with Gasteiger partial charge in [0.2, 0.25) is 5.75 Å². The molecule has 0 aliphatic heterocycles. The average molecular weight is 617 g/mol. The van der Waals surface area contributed by atoms with Gasteiger partial charge in [-0.05, 0) is 46.9 Å². The lowest BCUT2D eigenvalue weighted by Gasteiger charge is -2.19. The third kappa shape index (κ3) is 6.60. The lowest BCUT2D eigenvalue weighted by Crippen LogP contribution is -2.16. The fourth-order valence-corrected chi connectivity index (χ4v) is 5.63. The van der Waals surface area contributed by atoms with Gasteiger partial charge in [0.05, 0.1) is 18.6 Å². The molecule has 3 aromatic carbocycles. The van der Waals surface area contributed by atoms with E-state index in [1.165, 1.54) is 19.2 Å². The Labute approximate surface area is 254 Å². The number of nitrogens with zero attached hydrogens (tertiary/aromatic N) is 2. The number of rotatable bonds is 11. The van der Waals surface area contributed by atoms with Crippen LogP contribution in [0.3, 0.4) is 0 Å². The van der Waals surface area contributed by atoms with Crippen LogP contribution in [0, 0.1) is 0 Å². The quantitative estimate of drug-likeness (QED) is 0.158. The second kappa shape index (κ2) is 12.3. The normalized spacial score (nSPS) is 11.7. The van der Waals surface area contributed by atoms with E-state index < -0.39 is 16.0 Å². The summed E-state index contributed by atoms with van der Waals surface area (Å²) in [6.45, 7) is 6.13. The number of aromatic carboxylic acids is 1. The number of aromatic amines is 1. The number of anilines is 1. The molecule has 0 fully saturated rings. The van der Waals surface area contributed by atoms with Gasteiger partial charge >= 0.3 is 5.97 Å². The number of H-pyrrole nitrogens is 1. The Balaban J connectivity index is 1.46. The second-order valence-electron chi connectivity index (χ2n) is 10.9. The standard InChI is InChI=1S/C32H32N4O7S/c1-32(2,3)20-12-14-23(15-13-20)44(39,40)36-29-28(43-22-9-7-8-21(18-22)41-4)30(34-19-33-29)42-17-16-25-24-10-5-6-11-26(24)35-27(25)31(37)38/h5-15,18-19,35H,16-17H2,1-4H3,(H,37,38)(H,33,34,36). The number of nitrogens with one attached hydrogen (secondary N) is 2. The van der Waals surface area contributed by atoms with Gasteiger partial charge < -0.3 is 24.3 Å². The molecule has 0 aliphatic rings. The molecule has 5 rings (SSSR count). The van der Waals surface area contributed by atoms with Gasteiger partial charge in [0.1, 0.15) is 23.5 Å². The van der Waals surface area contributed by atoms with E-state index in [1.807, 2.05) is 39.0 Å². The van der Waals surface area contributed by atoms with Gasteiger partial charge in [-0.25, -0.2) is 18.2 Å². The topological polar surface area (TPSA) is 153 Å². The summed E-state index contributed by atoms with van der Waals surface area (Å²) in [7, 11) is -2.57. The first-order valence-electron chi connectivity index (χ1n) is 13.7. The lowest BCUT2D eigenvalue weighted by atomic mass is 9.87. The minimum atomic E-state index is -4.09. The van der Waals surface area contributed by atoms with Crippen LogP contribution in [0.4, 0.5) is 5.82 Å². The molecular weight excluding hydrogens is 584 g/mol. The molecule has 11 nitrogen and oxygen atoms in total. The van der Waals surface area contributed by atoms with Crippen LogP contribution < -0.4 is 18.9 Å². The Morgan fingerprint density at radius 3 is 2.41 bits per heavy atom. The van der Waals surface area contributed by atoms with E-state index >= 15 is 0 Å². The first kappa shape index (κ1) is 30.4. The van der Waals surface area contributed by atoms with Gasteiger partial charge in [-0.1, -0.05) is 57.2 Å². The van der Waals surface area contributed by atoms with E-state index in [9.17, 15) is 18.3 Å². The fraction of sp³-hybridized carbons (Fsp3) is 0.219. The zero-order chi connectivity index (χ0) is 31.5. The molecule has 44 heavy (non-hydrogen) atoms. The van der Waals surface area contributed by atoms with Crippen LogP contribution in [0.5, 0.6) is 23.1 Å². The zero-order valence-electron chi connectivity index (χ0n) is 24.6. The highest BCUT2D eigenvalue weighted by Crippen LogP contribution is 2.38. The predicted octanol–water partition coefficient (Wildman–Crippen LogP) is 6.18. The molecule has 0 unspecified atom stereocenters. The number of carbonyl (C=O) groups is 1. The number of carboxylic acids is 1. The minimum absolute atomic E-state index is 0.00800. The molecule has 0 radical (unpaired) electrons. The number of carboxylic acid groups (broad SMARTS) is 1. The van der Waals surface area contributed by atoms with E-state index in [-0.39, 0.29) is 46.5 Å². The predicted molar refractivity (Wildman–Crippen MR) is 166 cm³/mol. The molecular formula is C32H32N4O7S. The van der Waals surface area contributed by atoms with Gasteiger partial charge in [0.15, 0.2) is 5.82 Å². The van der Waals surface area contributed by atoms with Crippen molar-refractivity contribution in [3.05, 3.63) is 95.9 Å². The molecule has 0 saturated heterocycles. The molecule has 2 heterocycles. The Bertz CT molecular complexity index is 1910. The summed E-state index contributed by atoms with van der Waals surface area (Å²) < 4.78 is 46.7. The number of hydrogen-bond acceptors (Lipinski definition) is 8. The molecule has 12 heteroatoms. The number of sulfonamides is 1. The molecule has 0 bridgehead atoms. The van der Waals surface area contributed by atoms with Crippen LogP contribution in [-0.2, 0) is 21.9 Å². The Morgan fingerprint density at radius 2 is 1.70 bits per heavy atom. The van der Waals surface area contributed by atoms with Gasteiger partial charge in [-0.15, -0.1) is 0 Å². The van der Waals surface area contributed by atoms with Crippen molar-refractivity contribution in [2.45, 2.75) is 37.5 Å². The molecule has 0 spiro atoms. The fourth-order valence-electron chi connectivity index (χ4n) is 4.62. The third-order valence-electron chi connectivity index (χ3n) is 6.91. The smallest absolute Gasteiger partial charge is 0.352 e. The molecule has 0 aliphatic carbocycles. The maximum Gasteiger partial charge on any atom is 0.352 e.